The number of anilines is 1. The molecular weight excluding hydrogens is 260 g/mol. The van der Waals surface area contributed by atoms with Gasteiger partial charge in [-0.1, -0.05) is 18.5 Å². The van der Waals surface area contributed by atoms with Crippen molar-refractivity contribution in [1.29, 1.82) is 0 Å². The lowest BCUT2D eigenvalue weighted by molar-refractivity contribution is -0.383. The van der Waals surface area contributed by atoms with Crippen LogP contribution in [0.25, 0.3) is 0 Å². The number of hydrogen-bond donors (Lipinski definition) is 2. The standard InChI is InChI=1S/C11H13ClN2O4/c1-2-7(11(15)16)6-13-9-4-3-8(12)5-10(9)14(17)18/h3-5,7,13H,2,6H2,1H3,(H,15,16). The van der Waals surface area contributed by atoms with Crippen molar-refractivity contribution in [2.75, 3.05) is 11.9 Å². The van der Waals surface area contributed by atoms with Crippen LogP contribution in [0.1, 0.15) is 13.3 Å². The van der Waals surface area contributed by atoms with Gasteiger partial charge in [0, 0.05) is 17.6 Å². The monoisotopic (exact) mass is 272 g/mol. The Balaban J connectivity index is 2.84. The van der Waals surface area contributed by atoms with Crippen LogP contribution in [0.4, 0.5) is 11.4 Å². The molecule has 0 spiro atoms. The van der Waals surface area contributed by atoms with Crippen LogP contribution in [0.15, 0.2) is 18.2 Å². The van der Waals surface area contributed by atoms with E-state index in [1.165, 1.54) is 18.2 Å². The molecule has 1 aromatic carbocycles. The van der Waals surface area contributed by atoms with E-state index < -0.39 is 16.8 Å². The van der Waals surface area contributed by atoms with Gasteiger partial charge in [-0.15, -0.1) is 0 Å². The number of carbonyl (C=O) groups is 1. The first-order chi connectivity index (χ1) is 8.45. The van der Waals surface area contributed by atoms with E-state index in [0.29, 0.717) is 6.42 Å². The number of nitro groups is 1. The summed E-state index contributed by atoms with van der Waals surface area (Å²) in [6, 6.07) is 4.21. The molecule has 1 rings (SSSR count). The van der Waals surface area contributed by atoms with E-state index in [1.807, 2.05) is 0 Å². The lowest BCUT2D eigenvalue weighted by atomic mass is 10.1. The van der Waals surface area contributed by atoms with Gasteiger partial charge >= 0.3 is 5.97 Å². The quantitative estimate of drug-likeness (QED) is 0.613. The molecule has 0 radical (unpaired) electrons. The van der Waals surface area contributed by atoms with E-state index in [0.717, 1.165) is 0 Å². The van der Waals surface area contributed by atoms with Gasteiger partial charge in [-0.05, 0) is 18.6 Å². The molecule has 0 saturated heterocycles. The normalized spacial score (nSPS) is 11.9. The summed E-state index contributed by atoms with van der Waals surface area (Å²) in [7, 11) is 0. The third kappa shape index (κ3) is 3.59. The number of benzene rings is 1. The molecule has 0 heterocycles. The Kier molecular flexibility index (Phi) is 4.91. The molecule has 98 valence electrons. The van der Waals surface area contributed by atoms with Crippen molar-refractivity contribution in [3.63, 3.8) is 0 Å². The number of halogens is 1. The van der Waals surface area contributed by atoms with E-state index in [4.69, 9.17) is 16.7 Å². The molecule has 0 saturated carbocycles. The largest absolute Gasteiger partial charge is 0.481 e. The van der Waals surface area contributed by atoms with Gasteiger partial charge in [0.15, 0.2) is 0 Å². The Morgan fingerprint density at radius 2 is 2.28 bits per heavy atom. The first kappa shape index (κ1) is 14.2. The van der Waals surface area contributed by atoms with E-state index in [-0.39, 0.29) is 22.9 Å². The molecule has 0 aliphatic rings. The fourth-order valence-electron chi connectivity index (χ4n) is 1.44. The number of nitrogens with zero attached hydrogens (tertiary/aromatic N) is 1. The minimum absolute atomic E-state index is 0.133. The summed E-state index contributed by atoms with van der Waals surface area (Å²) in [6.45, 7) is 1.88. The number of aliphatic carboxylic acids is 1. The first-order valence-electron chi connectivity index (χ1n) is 5.36. The topological polar surface area (TPSA) is 92.5 Å². The molecule has 1 atom stereocenters. The third-order valence-electron chi connectivity index (χ3n) is 2.54. The van der Waals surface area contributed by atoms with Crippen molar-refractivity contribution >= 4 is 28.9 Å². The molecule has 2 N–H and O–H groups in total. The Labute approximate surface area is 109 Å². The minimum atomic E-state index is -0.929. The molecule has 0 aliphatic heterocycles. The fraction of sp³-hybridized carbons (Fsp3) is 0.364. The molecule has 1 unspecified atom stereocenters. The average Bonchev–Trinajstić information content (AvgIpc) is 2.30. The maximum Gasteiger partial charge on any atom is 0.308 e. The van der Waals surface area contributed by atoms with Gasteiger partial charge in [0.05, 0.1) is 10.8 Å². The van der Waals surface area contributed by atoms with E-state index in [1.54, 1.807) is 6.92 Å². The van der Waals surface area contributed by atoms with E-state index in [9.17, 15) is 14.9 Å². The summed E-state index contributed by atoms with van der Waals surface area (Å²) in [5.74, 6) is -1.51. The SMILES string of the molecule is CCC(CNc1ccc(Cl)cc1[N+](=O)[O-])C(=O)O. The highest BCUT2D eigenvalue weighted by Gasteiger charge is 2.18. The second-order valence-corrected chi connectivity index (χ2v) is 4.18. The maximum absolute atomic E-state index is 10.8. The number of carboxylic acid groups (broad SMARTS) is 1. The zero-order valence-electron chi connectivity index (χ0n) is 9.72. The predicted molar refractivity (Wildman–Crippen MR) is 68.0 cm³/mol. The maximum atomic E-state index is 10.8. The second kappa shape index (κ2) is 6.20. The Hall–Kier alpha value is -1.82. The lowest BCUT2D eigenvalue weighted by Crippen LogP contribution is -2.22. The van der Waals surface area contributed by atoms with Gasteiger partial charge < -0.3 is 10.4 Å². The Morgan fingerprint density at radius 1 is 1.61 bits per heavy atom. The molecule has 0 aliphatic carbocycles. The van der Waals surface area contributed by atoms with Crippen LogP contribution in [0.5, 0.6) is 0 Å². The van der Waals surface area contributed by atoms with Crippen LogP contribution in [0, 0.1) is 16.0 Å². The summed E-state index contributed by atoms with van der Waals surface area (Å²) in [4.78, 5) is 21.1. The smallest absolute Gasteiger partial charge is 0.308 e. The van der Waals surface area contributed by atoms with Gasteiger partial charge in [0.1, 0.15) is 5.69 Å². The van der Waals surface area contributed by atoms with Crippen LogP contribution in [0.2, 0.25) is 5.02 Å². The molecule has 1 aromatic rings. The molecule has 18 heavy (non-hydrogen) atoms. The lowest BCUT2D eigenvalue weighted by Gasteiger charge is -2.12. The first-order valence-corrected chi connectivity index (χ1v) is 5.74. The van der Waals surface area contributed by atoms with Crippen molar-refractivity contribution in [1.82, 2.24) is 0 Å². The Morgan fingerprint density at radius 3 is 2.78 bits per heavy atom. The summed E-state index contributed by atoms with van der Waals surface area (Å²) in [6.07, 6.45) is 0.448. The van der Waals surface area contributed by atoms with Crippen LogP contribution in [0.3, 0.4) is 0 Å². The highest BCUT2D eigenvalue weighted by molar-refractivity contribution is 6.30. The summed E-state index contributed by atoms with van der Waals surface area (Å²) < 4.78 is 0. The fourth-order valence-corrected chi connectivity index (χ4v) is 1.61. The molecule has 0 aromatic heterocycles. The molecule has 0 fully saturated rings. The number of rotatable bonds is 6. The van der Waals surface area contributed by atoms with Crippen molar-refractivity contribution in [3.8, 4) is 0 Å². The van der Waals surface area contributed by atoms with Gasteiger partial charge in [0.25, 0.3) is 5.69 Å². The van der Waals surface area contributed by atoms with E-state index in [2.05, 4.69) is 5.32 Å². The highest BCUT2D eigenvalue weighted by atomic mass is 35.5. The summed E-state index contributed by atoms with van der Waals surface area (Å²) >= 11 is 5.68. The van der Waals surface area contributed by atoms with Crippen molar-refractivity contribution in [3.05, 3.63) is 33.3 Å². The van der Waals surface area contributed by atoms with Crippen LogP contribution >= 0.6 is 11.6 Å². The van der Waals surface area contributed by atoms with E-state index >= 15 is 0 Å². The number of nitro benzene ring substituents is 1. The number of hydrogen-bond acceptors (Lipinski definition) is 4. The molecule has 0 amide bonds. The molecule has 7 heteroatoms. The molecular formula is C11H13ClN2O4. The predicted octanol–water partition coefficient (Wildman–Crippen LogP) is 2.77. The van der Waals surface area contributed by atoms with Crippen molar-refractivity contribution in [2.45, 2.75) is 13.3 Å². The molecule has 6 nitrogen and oxygen atoms in total. The summed E-state index contributed by atoms with van der Waals surface area (Å²) in [5.41, 5.74) is 0.104. The number of carboxylic acids is 1. The second-order valence-electron chi connectivity index (χ2n) is 3.74. The van der Waals surface area contributed by atoms with Gasteiger partial charge in [0.2, 0.25) is 0 Å². The highest BCUT2D eigenvalue weighted by Crippen LogP contribution is 2.27. The van der Waals surface area contributed by atoms with Crippen LogP contribution in [-0.4, -0.2) is 22.5 Å². The van der Waals surface area contributed by atoms with Gasteiger partial charge in [-0.25, -0.2) is 0 Å². The van der Waals surface area contributed by atoms with Crippen molar-refractivity contribution < 1.29 is 14.8 Å². The van der Waals surface area contributed by atoms with Crippen molar-refractivity contribution in [2.24, 2.45) is 5.92 Å². The Bertz CT molecular complexity index is 464. The van der Waals surface area contributed by atoms with Crippen LogP contribution in [-0.2, 0) is 4.79 Å². The zero-order chi connectivity index (χ0) is 13.7. The average molecular weight is 273 g/mol. The van der Waals surface area contributed by atoms with Crippen LogP contribution < -0.4 is 5.32 Å². The molecule has 0 bridgehead atoms. The number of nitrogens with one attached hydrogen (secondary N) is 1. The third-order valence-corrected chi connectivity index (χ3v) is 2.77. The summed E-state index contributed by atoms with van der Waals surface area (Å²) in [5, 5.41) is 22.7. The minimum Gasteiger partial charge on any atom is -0.481 e. The zero-order valence-corrected chi connectivity index (χ0v) is 10.5. The van der Waals surface area contributed by atoms with Gasteiger partial charge in [-0.3, -0.25) is 14.9 Å². The van der Waals surface area contributed by atoms with Gasteiger partial charge in [-0.2, -0.15) is 0 Å².